The van der Waals surface area contributed by atoms with E-state index in [2.05, 4.69) is 37.6 Å². The fraction of sp³-hybridized carbons (Fsp3) is 0.600. The van der Waals surface area contributed by atoms with Crippen molar-refractivity contribution >= 4 is 17.2 Å². The van der Waals surface area contributed by atoms with Gasteiger partial charge in [-0.2, -0.15) is 0 Å². The van der Waals surface area contributed by atoms with Crippen molar-refractivity contribution in [2.75, 3.05) is 13.2 Å². The SMILES string of the molecule is Cc1cc(C(N)=S)cc(OCCN(C(C)C)C(C)C)n1. The van der Waals surface area contributed by atoms with Gasteiger partial charge < -0.3 is 10.5 Å². The number of aromatic nitrogens is 1. The van der Waals surface area contributed by atoms with Crippen LogP contribution in [0.1, 0.15) is 39.0 Å². The van der Waals surface area contributed by atoms with E-state index in [0.29, 0.717) is 29.6 Å². The number of hydrogen-bond acceptors (Lipinski definition) is 4. The monoisotopic (exact) mass is 295 g/mol. The minimum absolute atomic E-state index is 0.367. The molecule has 1 heterocycles. The van der Waals surface area contributed by atoms with E-state index in [1.807, 2.05) is 13.0 Å². The lowest BCUT2D eigenvalue weighted by Crippen LogP contribution is -2.39. The molecule has 0 bridgehead atoms. The molecule has 0 saturated heterocycles. The Kier molecular flexibility index (Phi) is 6.36. The fourth-order valence-electron chi connectivity index (χ4n) is 2.22. The highest BCUT2D eigenvalue weighted by molar-refractivity contribution is 7.80. The van der Waals surface area contributed by atoms with Crippen molar-refractivity contribution in [3.05, 3.63) is 23.4 Å². The molecule has 0 aliphatic rings. The molecule has 1 aromatic rings. The largest absolute Gasteiger partial charge is 0.476 e. The molecule has 0 unspecified atom stereocenters. The van der Waals surface area contributed by atoms with Crippen LogP contribution >= 0.6 is 12.2 Å². The Morgan fingerprint density at radius 3 is 2.40 bits per heavy atom. The molecule has 4 nitrogen and oxygen atoms in total. The first kappa shape index (κ1) is 16.9. The van der Waals surface area contributed by atoms with Crippen molar-refractivity contribution in [2.45, 2.75) is 46.7 Å². The highest BCUT2D eigenvalue weighted by atomic mass is 32.1. The highest BCUT2D eigenvalue weighted by Gasteiger charge is 2.13. The Morgan fingerprint density at radius 1 is 1.30 bits per heavy atom. The van der Waals surface area contributed by atoms with Gasteiger partial charge in [-0.05, 0) is 40.7 Å². The van der Waals surface area contributed by atoms with Crippen LogP contribution in [0.5, 0.6) is 5.88 Å². The molecule has 0 saturated carbocycles. The quantitative estimate of drug-likeness (QED) is 0.783. The molecule has 0 amide bonds. The summed E-state index contributed by atoms with van der Waals surface area (Å²) in [6.45, 7) is 12.1. The molecule has 0 fully saturated rings. The summed E-state index contributed by atoms with van der Waals surface area (Å²) < 4.78 is 5.74. The molecule has 0 aliphatic heterocycles. The van der Waals surface area contributed by atoms with Crippen LogP contribution in [0.15, 0.2) is 12.1 Å². The molecule has 2 N–H and O–H groups in total. The first-order valence-electron chi connectivity index (χ1n) is 6.98. The van der Waals surface area contributed by atoms with Crippen LogP contribution in [0.2, 0.25) is 0 Å². The van der Waals surface area contributed by atoms with Crippen LogP contribution in [0, 0.1) is 6.92 Å². The molecular formula is C15H25N3OS. The summed E-state index contributed by atoms with van der Waals surface area (Å²) in [5.74, 6) is 0.584. The van der Waals surface area contributed by atoms with E-state index in [1.54, 1.807) is 6.07 Å². The van der Waals surface area contributed by atoms with Crippen LogP contribution in [0.3, 0.4) is 0 Å². The minimum Gasteiger partial charge on any atom is -0.476 e. The van der Waals surface area contributed by atoms with E-state index in [-0.39, 0.29) is 0 Å². The average Bonchev–Trinajstić information content (AvgIpc) is 2.32. The van der Waals surface area contributed by atoms with Gasteiger partial charge in [0.1, 0.15) is 11.6 Å². The predicted molar refractivity (Wildman–Crippen MR) is 87.3 cm³/mol. The van der Waals surface area contributed by atoms with Crippen molar-refractivity contribution in [1.82, 2.24) is 9.88 Å². The summed E-state index contributed by atoms with van der Waals surface area (Å²) in [7, 11) is 0. The second-order valence-electron chi connectivity index (χ2n) is 5.47. The lowest BCUT2D eigenvalue weighted by Gasteiger charge is -2.30. The molecule has 0 aromatic carbocycles. The zero-order valence-electron chi connectivity index (χ0n) is 13.0. The summed E-state index contributed by atoms with van der Waals surface area (Å²) >= 11 is 4.99. The van der Waals surface area contributed by atoms with Gasteiger partial charge in [-0.1, -0.05) is 12.2 Å². The van der Waals surface area contributed by atoms with E-state index in [1.165, 1.54) is 0 Å². The van der Waals surface area contributed by atoms with Gasteiger partial charge >= 0.3 is 0 Å². The second kappa shape index (κ2) is 7.55. The van der Waals surface area contributed by atoms with Crippen molar-refractivity contribution in [1.29, 1.82) is 0 Å². The Bertz CT molecular complexity index is 452. The number of aryl methyl sites for hydroxylation is 1. The summed E-state index contributed by atoms with van der Waals surface area (Å²) in [6, 6.07) is 4.65. The topological polar surface area (TPSA) is 51.4 Å². The molecule has 1 aromatic heterocycles. The summed E-state index contributed by atoms with van der Waals surface area (Å²) in [6.07, 6.45) is 0. The number of nitrogens with zero attached hydrogens (tertiary/aromatic N) is 2. The maximum atomic E-state index is 5.74. The molecule has 0 radical (unpaired) electrons. The van der Waals surface area contributed by atoms with Gasteiger partial charge in [0.2, 0.25) is 5.88 Å². The van der Waals surface area contributed by atoms with Crippen molar-refractivity contribution in [3.63, 3.8) is 0 Å². The van der Waals surface area contributed by atoms with Gasteiger partial charge in [-0.15, -0.1) is 0 Å². The number of hydrogen-bond donors (Lipinski definition) is 1. The Balaban J connectivity index is 2.64. The zero-order chi connectivity index (χ0) is 15.3. The van der Waals surface area contributed by atoms with Gasteiger partial charge in [0.15, 0.2) is 0 Å². The maximum absolute atomic E-state index is 5.74. The van der Waals surface area contributed by atoms with Crippen molar-refractivity contribution < 1.29 is 4.74 Å². The molecule has 5 heteroatoms. The molecule has 0 spiro atoms. The third kappa shape index (κ3) is 5.06. The molecule has 1 rings (SSSR count). The summed E-state index contributed by atoms with van der Waals surface area (Å²) in [5.41, 5.74) is 7.30. The van der Waals surface area contributed by atoms with E-state index in [4.69, 9.17) is 22.7 Å². The van der Waals surface area contributed by atoms with Gasteiger partial charge in [-0.25, -0.2) is 4.98 Å². The standard InChI is InChI=1S/C15H25N3OS/c1-10(2)18(11(3)4)6-7-19-14-9-13(15(16)20)8-12(5)17-14/h8-11H,6-7H2,1-5H3,(H2,16,20). The van der Waals surface area contributed by atoms with Gasteiger partial charge in [0.25, 0.3) is 0 Å². The van der Waals surface area contributed by atoms with E-state index in [9.17, 15) is 0 Å². The van der Waals surface area contributed by atoms with Crippen molar-refractivity contribution in [2.24, 2.45) is 5.73 Å². The first-order chi connectivity index (χ1) is 9.31. The molecule has 112 valence electrons. The molecule has 0 aliphatic carbocycles. The lowest BCUT2D eigenvalue weighted by molar-refractivity contribution is 0.140. The summed E-state index contributed by atoms with van der Waals surface area (Å²) in [5, 5.41) is 0. The summed E-state index contributed by atoms with van der Waals surface area (Å²) in [4.78, 5) is 7.09. The third-order valence-electron chi connectivity index (χ3n) is 3.14. The van der Waals surface area contributed by atoms with Gasteiger partial charge in [0.05, 0.1) is 0 Å². The first-order valence-corrected chi connectivity index (χ1v) is 7.39. The van der Waals surface area contributed by atoms with E-state index < -0.39 is 0 Å². The van der Waals surface area contributed by atoms with Gasteiger partial charge in [-0.3, -0.25) is 4.90 Å². The number of nitrogens with two attached hydrogens (primary N) is 1. The van der Waals surface area contributed by atoms with Gasteiger partial charge in [0, 0.05) is 36.0 Å². The molecule has 0 atom stereocenters. The smallest absolute Gasteiger partial charge is 0.214 e. The zero-order valence-corrected chi connectivity index (χ0v) is 13.8. The Morgan fingerprint density at radius 2 is 1.90 bits per heavy atom. The van der Waals surface area contributed by atoms with Crippen LogP contribution in [0.4, 0.5) is 0 Å². The number of ether oxygens (including phenoxy) is 1. The Hall–Kier alpha value is -1.20. The number of rotatable bonds is 7. The minimum atomic E-state index is 0.367. The number of thiocarbonyl (C=S) groups is 1. The second-order valence-corrected chi connectivity index (χ2v) is 5.91. The third-order valence-corrected chi connectivity index (χ3v) is 3.38. The normalized spacial score (nSPS) is 11.4. The van der Waals surface area contributed by atoms with Crippen LogP contribution < -0.4 is 10.5 Å². The lowest BCUT2D eigenvalue weighted by atomic mass is 10.2. The predicted octanol–water partition coefficient (Wildman–Crippen LogP) is 2.52. The molecule has 20 heavy (non-hydrogen) atoms. The number of pyridine rings is 1. The highest BCUT2D eigenvalue weighted by Crippen LogP contribution is 2.13. The van der Waals surface area contributed by atoms with Crippen LogP contribution in [-0.4, -0.2) is 40.1 Å². The van der Waals surface area contributed by atoms with Crippen molar-refractivity contribution in [3.8, 4) is 5.88 Å². The maximum Gasteiger partial charge on any atom is 0.214 e. The van der Waals surface area contributed by atoms with Crippen LogP contribution in [-0.2, 0) is 0 Å². The Labute approximate surface area is 127 Å². The van der Waals surface area contributed by atoms with E-state index >= 15 is 0 Å². The molecular weight excluding hydrogens is 270 g/mol. The van der Waals surface area contributed by atoms with Crippen LogP contribution in [0.25, 0.3) is 0 Å². The average molecular weight is 295 g/mol. The van der Waals surface area contributed by atoms with E-state index in [0.717, 1.165) is 17.8 Å². The fourth-order valence-corrected chi connectivity index (χ4v) is 2.34.